The van der Waals surface area contributed by atoms with Crippen LogP contribution < -0.4 is 5.32 Å². The third-order valence-corrected chi connectivity index (χ3v) is 17.1. The Hall–Kier alpha value is -1.40. The minimum Gasteiger partial charge on any atom is -0.466 e. The Labute approximate surface area is 489 Å². The lowest BCUT2D eigenvalue weighted by atomic mass is 10.0. The van der Waals surface area contributed by atoms with Crippen LogP contribution in [0.1, 0.15) is 412 Å². The molecule has 6 heteroatoms. The standard InChI is InChI=1S/C72H141NO5/c1-3-5-7-9-11-13-15-17-19-21-23-24-25-26-29-32-36-40-44-48-52-56-60-64-70(75)69(68-74)73-71(76)65-61-57-53-49-45-41-37-33-30-27-31-35-39-43-47-51-55-59-63-67-78-72(77)66-62-58-54-50-46-42-38-34-28-22-20-18-16-14-12-10-8-6-4-2/h60,64,69-70,74-75H,3-59,61-63,65-68H2,1-2H3,(H,73,76)/b64-60+. The lowest BCUT2D eigenvalue weighted by Crippen LogP contribution is -2.45. The number of hydrogen-bond donors (Lipinski definition) is 3. The molecule has 0 aliphatic heterocycles. The molecular weight excluding hydrogens is 959 g/mol. The van der Waals surface area contributed by atoms with Gasteiger partial charge in [0.15, 0.2) is 0 Å². The molecule has 0 radical (unpaired) electrons. The van der Waals surface area contributed by atoms with Crippen molar-refractivity contribution in [2.45, 2.75) is 424 Å². The Morgan fingerprint density at radius 3 is 0.872 bits per heavy atom. The molecule has 0 aromatic carbocycles. The van der Waals surface area contributed by atoms with E-state index in [1.54, 1.807) is 6.08 Å². The molecule has 0 spiro atoms. The van der Waals surface area contributed by atoms with Gasteiger partial charge in [-0.3, -0.25) is 9.59 Å². The van der Waals surface area contributed by atoms with Gasteiger partial charge in [-0.2, -0.15) is 0 Å². The van der Waals surface area contributed by atoms with Crippen LogP contribution in [0.4, 0.5) is 0 Å². The molecule has 0 aliphatic rings. The predicted molar refractivity (Wildman–Crippen MR) is 343 cm³/mol. The minimum absolute atomic E-state index is 0.0145. The van der Waals surface area contributed by atoms with Gasteiger partial charge in [-0.25, -0.2) is 0 Å². The van der Waals surface area contributed by atoms with Crippen LogP contribution in [0.15, 0.2) is 12.2 Å². The molecule has 0 aromatic heterocycles. The maximum Gasteiger partial charge on any atom is 0.305 e. The van der Waals surface area contributed by atoms with Crippen LogP contribution >= 0.6 is 0 Å². The monoisotopic (exact) mass is 1100 g/mol. The van der Waals surface area contributed by atoms with Gasteiger partial charge in [0.25, 0.3) is 0 Å². The number of allylic oxidation sites excluding steroid dienone is 1. The van der Waals surface area contributed by atoms with Gasteiger partial charge in [-0.1, -0.05) is 379 Å². The zero-order valence-corrected chi connectivity index (χ0v) is 53.2. The van der Waals surface area contributed by atoms with E-state index in [4.69, 9.17) is 4.74 Å². The number of unbranched alkanes of at least 4 members (excludes halogenated alkanes) is 57. The van der Waals surface area contributed by atoms with Crippen LogP contribution in [0.5, 0.6) is 0 Å². The molecule has 0 rings (SSSR count). The van der Waals surface area contributed by atoms with Crippen molar-refractivity contribution < 1.29 is 24.5 Å². The van der Waals surface area contributed by atoms with Crippen LogP contribution in [0.2, 0.25) is 0 Å². The number of esters is 1. The Balaban J connectivity index is 3.40. The number of aliphatic hydroxyl groups is 2. The first-order valence-electron chi connectivity index (χ1n) is 36.0. The van der Waals surface area contributed by atoms with Gasteiger partial charge in [-0.15, -0.1) is 0 Å². The van der Waals surface area contributed by atoms with Gasteiger partial charge >= 0.3 is 5.97 Å². The number of nitrogens with one attached hydrogen (secondary N) is 1. The maximum atomic E-state index is 12.5. The van der Waals surface area contributed by atoms with Crippen molar-refractivity contribution in [3.05, 3.63) is 12.2 Å². The number of carbonyl (C=O) groups excluding carboxylic acids is 2. The number of amides is 1. The highest BCUT2D eigenvalue weighted by molar-refractivity contribution is 5.76. The summed E-state index contributed by atoms with van der Waals surface area (Å²) in [5.41, 5.74) is 0. The van der Waals surface area contributed by atoms with Crippen LogP contribution in [0.25, 0.3) is 0 Å². The molecule has 0 saturated heterocycles. The van der Waals surface area contributed by atoms with Crippen molar-refractivity contribution in [1.29, 1.82) is 0 Å². The van der Waals surface area contributed by atoms with Gasteiger partial charge in [0.1, 0.15) is 0 Å². The lowest BCUT2D eigenvalue weighted by molar-refractivity contribution is -0.143. The number of carbonyl (C=O) groups is 2. The van der Waals surface area contributed by atoms with E-state index in [1.165, 1.54) is 347 Å². The summed E-state index contributed by atoms with van der Waals surface area (Å²) in [4.78, 5) is 24.7. The zero-order chi connectivity index (χ0) is 56.4. The van der Waals surface area contributed by atoms with Crippen LogP contribution in [0, 0.1) is 0 Å². The van der Waals surface area contributed by atoms with E-state index >= 15 is 0 Å². The molecule has 0 aliphatic carbocycles. The first-order valence-corrected chi connectivity index (χ1v) is 36.0. The van der Waals surface area contributed by atoms with Crippen molar-refractivity contribution in [1.82, 2.24) is 5.32 Å². The number of hydrogen-bond acceptors (Lipinski definition) is 5. The summed E-state index contributed by atoms with van der Waals surface area (Å²) in [6.07, 6.45) is 84.3. The minimum atomic E-state index is -0.847. The van der Waals surface area contributed by atoms with Gasteiger partial charge in [0, 0.05) is 12.8 Å². The molecule has 6 nitrogen and oxygen atoms in total. The van der Waals surface area contributed by atoms with Crippen molar-refractivity contribution in [3.63, 3.8) is 0 Å². The van der Waals surface area contributed by atoms with Crippen LogP contribution in [-0.2, 0) is 14.3 Å². The third-order valence-electron chi connectivity index (χ3n) is 17.1. The van der Waals surface area contributed by atoms with Gasteiger partial charge < -0.3 is 20.3 Å². The molecule has 0 heterocycles. The molecule has 2 atom stereocenters. The van der Waals surface area contributed by atoms with Crippen LogP contribution in [-0.4, -0.2) is 47.4 Å². The summed E-state index contributed by atoms with van der Waals surface area (Å²) in [7, 11) is 0. The van der Waals surface area contributed by atoms with E-state index in [0.717, 1.165) is 38.5 Å². The van der Waals surface area contributed by atoms with E-state index in [2.05, 4.69) is 19.2 Å². The average molecular weight is 1100 g/mol. The lowest BCUT2D eigenvalue weighted by Gasteiger charge is -2.20. The molecular formula is C72H141NO5. The molecule has 0 bridgehead atoms. The van der Waals surface area contributed by atoms with E-state index < -0.39 is 12.1 Å². The fourth-order valence-electron chi connectivity index (χ4n) is 11.6. The average Bonchev–Trinajstić information content (AvgIpc) is 3.44. The second-order valence-electron chi connectivity index (χ2n) is 24.9. The van der Waals surface area contributed by atoms with Crippen LogP contribution in [0.3, 0.4) is 0 Å². The van der Waals surface area contributed by atoms with Crippen molar-refractivity contribution in [2.75, 3.05) is 13.2 Å². The molecule has 2 unspecified atom stereocenters. The SMILES string of the molecule is CCCCCCCCCCCCCCCCCCCCCCC/C=C/C(O)C(CO)NC(=O)CCCCCCCCCCCCCCCCCCCCCOC(=O)CCCCCCCCCCCCCCCCCCCCC. The zero-order valence-electron chi connectivity index (χ0n) is 53.2. The van der Waals surface area contributed by atoms with E-state index in [0.29, 0.717) is 19.4 Å². The van der Waals surface area contributed by atoms with Gasteiger partial charge in [-0.05, 0) is 32.1 Å². The summed E-state index contributed by atoms with van der Waals surface area (Å²) in [5.74, 6) is -0.0511. The van der Waals surface area contributed by atoms with Gasteiger partial charge in [0.2, 0.25) is 5.91 Å². The van der Waals surface area contributed by atoms with E-state index in [1.807, 2.05) is 6.08 Å². The fourth-order valence-corrected chi connectivity index (χ4v) is 11.6. The molecule has 0 fully saturated rings. The molecule has 1 amide bonds. The second-order valence-corrected chi connectivity index (χ2v) is 24.9. The topological polar surface area (TPSA) is 95.9 Å². The quantitative estimate of drug-likeness (QED) is 0.0320. The van der Waals surface area contributed by atoms with Gasteiger partial charge in [0.05, 0.1) is 25.4 Å². The Kier molecular flexibility index (Phi) is 66.9. The van der Waals surface area contributed by atoms with E-state index in [-0.39, 0.29) is 18.5 Å². The largest absolute Gasteiger partial charge is 0.466 e. The van der Waals surface area contributed by atoms with Crippen molar-refractivity contribution in [2.24, 2.45) is 0 Å². The Morgan fingerprint density at radius 2 is 0.590 bits per heavy atom. The molecule has 78 heavy (non-hydrogen) atoms. The number of aliphatic hydroxyl groups excluding tert-OH is 2. The summed E-state index contributed by atoms with van der Waals surface area (Å²) >= 11 is 0. The highest BCUT2D eigenvalue weighted by atomic mass is 16.5. The highest BCUT2D eigenvalue weighted by Crippen LogP contribution is 2.19. The Bertz CT molecular complexity index is 1180. The fraction of sp³-hybridized carbons (Fsp3) is 0.944. The first kappa shape index (κ1) is 76.6. The molecule has 0 aromatic rings. The third kappa shape index (κ3) is 63.8. The highest BCUT2D eigenvalue weighted by Gasteiger charge is 2.18. The molecule has 464 valence electrons. The Morgan fingerprint density at radius 1 is 0.346 bits per heavy atom. The molecule has 0 saturated carbocycles. The predicted octanol–water partition coefficient (Wildman–Crippen LogP) is 23.1. The maximum absolute atomic E-state index is 12.5. The smallest absolute Gasteiger partial charge is 0.305 e. The van der Waals surface area contributed by atoms with Crippen molar-refractivity contribution in [3.8, 4) is 0 Å². The number of rotatable bonds is 68. The summed E-state index contributed by atoms with van der Waals surface area (Å²) in [6, 6.07) is -0.631. The summed E-state index contributed by atoms with van der Waals surface area (Å²) in [5, 5.41) is 23.3. The summed E-state index contributed by atoms with van der Waals surface area (Å²) in [6.45, 7) is 4.95. The van der Waals surface area contributed by atoms with Crippen molar-refractivity contribution >= 4 is 11.9 Å². The normalized spacial score (nSPS) is 12.5. The second kappa shape index (κ2) is 68.1. The summed E-state index contributed by atoms with van der Waals surface area (Å²) < 4.78 is 5.51. The first-order chi connectivity index (χ1) is 38.5. The van der Waals surface area contributed by atoms with E-state index in [9.17, 15) is 19.8 Å². The molecule has 3 N–H and O–H groups in total. The number of ether oxygens (including phenoxy) is 1.